The van der Waals surface area contributed by atoms with Gasteiger partial charge in [-0.1, -0.05) is 28.9 Å². The van der Waals surface area contributed by atoms with Crippen LogP contribution in [-0.4, -0.2) is 59.2 Å². The fourth-order valence-corrected chi connectivity index (χ4v) is 6.80. The van der Waals surface area contributed by atoms with E-state index in [1.54, 1.807) is 23.1 Å². The molecule has 4 heterocycles. The van der Waals surface area contributed by atoms with E-state index >= 15 is 0 Å². The molecule has 1 aromatic carbocycles. The molecule has 1 atom stereocenters. The summed E-state index contributed by atoms with van der Waals surface area (Å²) in [5, 5.41) is 7.26. The average Bonchev–Trinajstić information content (AvgIpc) is 3.61. The van der Waals surface area contributed by atoms with E-state index in [9.17, 15) is 26.5 Å². The Hall–Kier alpha value is -3.20. The molecule has 2 aliphatic heterocycles. The van der Waals surface area contributed by atoms with E-state index in [2.05, 4.69) is 10.1 Å². The highest BCUT2D eigenvalue weighted by atomic mass is 35.5. The summed E-state index contributed by atoms with van der Waals surface area (Å²) >= 11 is 7.83. The first-order valence-corrected chi connectivity index (χ1v) is 15.5. The van der Waals surface area contributed by atoms with Crippen LogP contribution in [0.15, 0.2) is 47.1 Å². The molecule has 3 aromatic rings. The molecule has 41 heavy (non-hydrogen) atoms. The highest BCUT2D eigenvalue weighted by Crippen LogP contribution is 2.38. The number of benzene rings is 1. The summed E-state index contributed by atoms with van der Waals surface area (Å²) < 4.78 is 63.8. The monoisotopic (exact) mass is 626 g/mol. The van der Waals surface area contributed by atoms with Crippen molar-refractivity contribution in [3.8, 4) is 5.88 Å². The van der Waals surface area contributed by atoms with E-state index in [1.807, 2.05) is 5.38 Å². The predicted octanol–water partition coefficient (Wildman–Crippen LogP) is 5.17. The van der Waals surface area contributed by atoms with Crippen LogP contribution in [0.25, 0.3) is 0 Å². The largest absolute Gasteiger partial charge is 0.467 e. The smallest absolute Gasteiger partial charge is 0.269 e. The van der Waals surface area contributed by atoms with Crippen molar-refractivity contribution in [3.05, 3.63) is 74.3 Å². The Morgan fingerprint density at radius 2 is 2.02 bits per heavy atom. The standard InChI is InChI=1S/C26H25ClF2N4O6S2/c27-18-5-1-3-16(14-41(35,36)37)23(18)21-11-19(32-39-21)20-13-40-26(31-20)15-6-9-33(10-7-15)22(34)12-38-25-17(24(28)29)4-2-8-30-25/h1-5,8,13,15,21,24H,6-7,9-12,14H2,(H,35,36,37). The molecule has 2 aromatic heterocycles. The summed E-state index contributed by atoms with van der Waals surface area (Å²) in [6, 6.07) is 7.39. The van der Waals surface area contributed by atoms with Gasteiger partial charge < -0.3 is 14.5 Å². The van der Waals surface area contributed by atoms with Crippen LogP contribution >= 0.6 is 22.9 Å². The van der Waals surface area contributed by atoms with Crippen molar-refractivity contribution in [2.24, 2.45) is 5.16 Å². The molecule has 15 heteroatoms. The van der Waals surface area contributed by atoms with Gasteiger partial charge in [-0.2, -0.15) is 8.42 Å². The van der Waals surface area contributed by atoms with Crippen molar-refractivity contribution in [3.63, 3.8) is 0 Å². The molecule has 2 aliphatic rings. The van der Waals surface area contributed by atoms with Crippen molar-refractivity contribution in [2.75, 3.05) is 19.7 Å². The number of ether oxygens (including phenoxy) is 1. The van der Waals surface area contributed by atoms with Gasteiger partial charge in [-0.25, -0.2) is 18.7 Å². The second-order valence-corrected chi connectivity index (χ2v) is 12.3. The van der Waals surface area contributed by atoms with Crippen LogP contribution in [0, 0.1) is 0 Å². The van der Waals surface area contributed by atoms with Gasteiger partial charge in [-0.05, 0) is 36.6 Å². The summed E-state index contributed by atoms with van der Waals surface area (Å²) in [5.41, 5.74) is 1.68. The van der Waals surface area contributed by atoms with Crippen molar-refractivity contribution in [1.82, 2.24) is 14.9 Å². The minimum atomic E-state index is -4.28. The highest BCUT2D eigenvalue weighted by molar-refractivity contribution is 7.85. The first-order chi connectivity index (χ1) is 19.6. The molecule has 0 bridgehead atoms. The Bertz CT molecular complexity index is 1560. The van der Waals surface area contributed by atoms with Crippen molar-refractivity contribution in [2.45, 2.75) is 43.5 Å². The van der Waals surface area contributed by atoms with Crippen LogP contribution in [0.2, 0.25) is 5.02 Å². The minimum Gasteiger partial charge on any atom is -0.467 e. The number of halogens is 3. The third-order valence-corrected chi connectivity index (χ3v) is 8.87. The molecule has 5 rings (SSSR count). The number of piperidine rings is 1. The number of alkyl halides is 2. The maximum atomic E-state index is 13.1. The Balaban J connectivity index is 1.16. The number of likely N-dealkylation sites (tertiary alicyclic amines) is 1. The van der Waals surface area contributed by atoms with Crippen LogP contribution in [0.4, 0.5) is 8.78 Å². The molecule has 1 N–H and O–H groups in total. The number of oxime groups is 1. The Morgan fingerprint density at radius 1 is 1.24 bits per heavy atom. The lowest BCUT2D eigenvalue weighted by atomic mass is 9.97. The highest BCUT2D eigenvalue weighted by Gasteiger charge is 2.31. The SMILES string of the molecule is O=C(COc1ncccc1C(F)F)N1CCC(c2nc(C3=NOC(c4c(Cl)cccc4CS(=O)(=O)O)C3)cs2)CC1. The lowest BCUT2D eigenvalue weighted by Crippen LogP contribution is -2.40. The summed E-state index contributed by atoms with van der Waals surface area (Å²) in [6.45, 7) is 0.572. The first kappa shape index (κ1) is 29.3. The second-order valence-electron chi connectivity index (χ2n) is 9.59. The zero-order valence-corrected chi connectivity index (χ0v) is 23.8. The predicted molar refractivity (Wildman–Crippen MR) is 147 cm³/mol. The van der Waals surface area contributed by atoms with Crippen LogP contribution in [0.1, 0.15) is 65.1 Å². The second kappa shape index (κ2) is 12.3. The third-order valence-electron chi connectivity index (χ3n) is 6.85. The van der Waals surface area contributed by atoms with Gasteiger partial charge in [-0.15, -0.1) is 11.3 Å². The molecule has 10 nitrogen and oxygen atoms in total. The topological polar surface area (TPSA) is 131 Å². The summed E-state index contributed by atoms with van der Waals surface area (Å²) in [7, 11) is -4.28. The summed E-state index contributed by atoms with van der Waals surface area (Å²) in [4.78, 5) is 28.4. The van der Waals surface area contributed by atoms with Crippen LogP contribution < -0.4 is 4.74 Å². The minimum absolute atomic E-state index is 0.128. The fraction of sp³-hybridized carbons (Fsp3) is 0.385. The van der Waals surface area contributed by atoms with Gasteiger partial charge in [0.15, 0.2) is 12.7 Å². The number of rotatable bonds is 9. The summed E-state index contributed by atoms with van der Waals surface area (Å²) in [6.07, 6.45) is -0.370. The van der Waals surface area contributed by atoms with E-state index < -0.39 is 28.4 Å². The van der Waals surface area contributed by atoms with E-state index in [1.165, 1.54) is 29.7 Å². The quantitative estimate of drug-likeness (QED) is 0.322. The molecule has 0 spiro atoms. The van der Waals surface area contributed by atoms with Gasteiger partial charge in [-0.3, -0.25) is 9.35 Å². The van der Waals surface area contributed by atoms with Gasteiger partial charge in [0, 0.05) is 47.6 Å². The van der Waals surface area contributed by atoms with E-state index in [4.69, 9.17) is 26.2 Å². The van der Waals surface area contributed by atoms with Crippen molar-refractivity contribution >= 4 is 44.7 Å². The Morgan fingerprint density at radius 3 is 2.76 bits per heavy atom. The molecular formula is C26H25ClF2N4O6S2. The zero-order valence-electron chi connectivity index (χ0n) is 21.5. The molecule has 0 radical (unpaired) electrons. The van der Waals surface area contributed by atoms with Gasteiger partial charge >= 0.3 is 0 Å². The number of nitrogens with zero attached hydrogens (tertiary/aromatic N) is 4. The molecule has 1 unspecified atom stereocenters. The molecule has 1 fully saturated rings. The maximum Gasteiger partial charge on any atom is 0.269 e. The number of hydrogen-bond donors (Lipinski definition) is 1. The van der Waals surface area contributed by atoms with Gasteiger partial charge in [0.05, 0.1) is 16.3 Å². The van der Waals surface area contributed by atoms with Crippen molar-refractivity contribution < 1.29 is 36.1 Å². The Kier molecular flexibility index (Phi) is 8.82. The Labute approximate surface area is 243 Å². The lowest BCUT2D eigenvalue weighted by molar-refractivity contribution is -0.134. The molecular weight excluding hydrogens is 602 g/mol. The lowest BCUT2D eigenvalue weighted by Gasteiger charge is -2.31. The number of carbonyl (C=O) groups is 1. The molecule has 1 amide bonds. The van der Waals surface area contributed by atoms with E-state index in [-0.39, 0.29) is 29.9 Å². The molecule has 218 valence electrons. The van der Waals surface area contributed by atoms with Gasteiger partial charge in [0.2, 0.25) is 5.88 Å². The number of amides is 1. The van der Waals surface area contributed by atoms with Crippen LogP contribution in [0.3, 0.4) is 0 Å². The van der Waals surface area contributed by atoms with Crippen molar-refractivity contribution in [1.29, 1.82) is 0 Å². The number of hydrogen-bond acceptors (Lipinski definition) is 9. The number of thiazole rings is 1. The van der Waals surface area contributed by atoms with E-state index in [0.29, 0.717) is 59.9 Å². The average molecular weight is 627 g/mol. The molecule has 0 saturated carbocycles. The van der Waals surface area contributed by atoms with Crippen LogP contribution in [-0.2, 0) is 25.5 Å². The van der Waals surface area contributed by atoms with Crippen LogP contribution in [0.5, 0.6) is 5.88 Å². The van der Waals surface area contributed by atoms with E-state index in [0.717, 1.165) is 5.01 Å². The zero-order chi connectivity index (χ0) is 29.1. The first-order valence-electron chi connectivity index (χ1n) is 12.6. The number of aromatic nitrogens is 2. The maximum absolute atomic E-state index is 13.1. The number of pyridine rings is 1. The van der Waals surface area contributed by atoms with Gasteiger partial charge in [0.1, 0.15) is 11.5 Å². The number of carbonyl (C=O) groups excluding carboxylic acids is 1. The van der Waals surface area contributed by atoms with Gasteiger partial charge in [0.25, 0.3) is 22.5 Å². The fourth-order valence-electron chi connectivity index (χ4n) is 4.84. The third kappa shape index (κ3) is 7.00. The normalized spacial score (nSPS) is 17.9. The molecule has 0 aliphatic carbocycles. The molecule has 1 saturated heterocycles. The summed E-state index contributed by atoms with van der Waals surface area (Å²) in [5.74, 6) is -1.01.